The molecule has 1 amide bonds. The Morgan fingerprint density at radius 3 is 3.08 bits per heavy atom. The molecule has 2 saturated heterocycles. The van der Waals surface area contributed by atoms with Gasteiger partial charge in [0.25, 0.3) is 0 Å². The summed E-state index contributed by atoms with van der Waals surface area (Å²) in [5.41, 5.74) is 0. The molecule has 3 heteroatoms. The van der Waals surface area contributed by atoms with Crippen molar-refractivity contribution in [3.8, 4) is 0 Å². The fraction of sp³-hybridized carbons (Fsp3) is 0.900. The molecule has 74 valence electrons. The highest BCUT2D eigenvalue weighted by molar-refractivity contribution is 8.00. The first-order valence-corrected chi connectivity index (χ1v) is 6.10. The van der Waals surface area contributed by atoms with Gasteiger partial charge in [0, 0.05) is 17.2 Å². The number of rotatable bonds is 2. The molecular weight excluding hydrogens is 182 g/mol. The van der Waals surface area contributed by atoms with Gasteiger partial charge in [-0.15, -0.1) is 0 Å². The highest BCUT2D eigenvalue weighted by atomic mass is 32.2. The van der Waals surface area contributed by atoms with Crippen LogP contribution in [-0.4, -0.2) is 22.4 Å². The molecule has 0 radical (unpaired) electrons. The maximum absolute atomic E-state index is 11.0. The first-order chi connectivity index (χ1) is 6.18. The third-order valence-corrected chi connectivity index (χ3v) is 4.62. The number of carbonyl (C=O) groups is 1. The molecule has 2 unspecified atom stereocenters. The molecule has 2 aliphatic rings. The highest BCUT2D eigenvalue weighted by Crippen LogP contribution is 2.42. The predicted octanol–water partition coefficient (Wildman–Crippen LogP) is 1.94. The Hall–Kier alpha value is -0.180. The summed E-state index contributed by atoms with van der Waals surface area (Å²) in [6, 6.07) is 0.461. The lowest BCUT2D eigenvalue weighted by Gasteiger charge is -2.26. The average molecular weight is 199 g/mol. The highest BCUT2D eigenvalue weighted by Gasteiger charge is 2.34. The lowest BCUT2D eigenvalue weighted by Crippen LogP contribution is -2.32. The molecule has 1 N–H and O–H groups in total. The van der Waals surface area contributed by atoms with E-state index in [1.807, 2.05) is 0 Å². The topological polar surface area (TPSA) is 29.1 Å². The number of amides is 1. The lowest BCUT2D eigenvalue weighted by atomic mass is 9.96. The largest absolute Gasteiger partial charge is 0.353 e. The molecule has 2 heterocycles. The van der Waals surface area contributed by atoms with Gasteiger partial charge < -0.3 is 5.32 Å². The van der Waals surface area contributed by atoms with Crippen LogP contribution in [0.5, 0.6) is 0 Å². The first kappa shape index (κ1) is 9.38. The van der Waals surface area contributed by atoms with Crippen LogP contribution in [-0.2, 0) is 4.79 Å². The molecule has 0 saturated carbocycles. The summed E-state index contributed by atoms with van der Waals surface area (Å²) in [4.78, 5) is 11.0. The Morgan fingerprint density at radius 2 is 2.54 bits per heavy atom. The molecule has 2 aliphatic heterocycles. The number of carbonyl (C=O) groups excluding carboxylic acids is 1. The van der Waals surface area contributed by atoms with E-state index in [1.54, 1.807) is 0 Å². The summed E-state index contributed by atoms with van der Waals surface area (Å²) in [5.74, 6) is 1.55. The summed E-state index contributed by atoms with van der Waals surface area (Å²) < 4.78 is 0.447. The third kappa shape index (κ3) is 2.19. The van der Waals surface area contributed by atoms with Gasteiger partial charge in [-0.1, -0.05) is 6.92 Å². The molecule has 2 fully saturated rings. The van der Waals surface area contributed by atoms with Gasteiger partial charge in [-0.3, -0.25) is 4.79 Å². The average Bonchev–Trinajstić information content (AvgIpc) is 2.62. The molecule has 13 heavy (non-hydrogen) atoms. The molecule has 0 bridgehead atoms. The van der Waals surface area contributed by atoms with Gasteiger partial charge in [0.15, 0.2) is 0 Å². The van der Waals surface area contributed by atoms with Crippen LogP contribution < -0.4 is 5.32 Å². The second kappa shape index (κ2) is 3.52. The number of nitrogens with one attached hydrogen (secondary N) is 1. The summed E-state index contributed by atoms with van der Waals surface area (Å²) in [7, 11) is 0. The predicted molar refractivity (Wildman–Crippen MR) is 55.9 cm³/mol. The minimum absolute atomic E-state index is 0.247. The van der Waals surface area contributed by atoms with Crippen molar-refractivity contribution in [2.45, 2.75) is 49.8 Å². The van der Waals surface area contributed by atoms with Gasteiger partial charge in [0.2, 0.25) is 5.91 Å². The van der Waals surface area contributed by atoms with E-state index in [-0.39, 0.29) is 5.91 Å². The molecular formula is C10H17NOS. The van der Waals surface area contributed by atoms with Crippen molar-refractivity contribution in [1.82, 2.24) is 5.32 Å². The molecule has 0 aromatic rings. The summed E-state index contributed by atoms with van der Waals surface area (Å²) in [6.45, 7) is 2.34. The van der Waals surface area contributed by atoms with Crippen LogP contribution in [0.3, 0.4) is 0 Å². The van der Waals surface area contributed by atoms with Crippen LogP contribution in [0.25, 0.3) is 0 Å². The minimum atomic E-state index is 0.247. The van der Waals surface area contributed by atoms with Crippen LogP contribution >= 0.6 is 11.8 Å². The molecule has 0 aromatic heterocycles. The fourth-order valence-corrected chi connectivity index (χ4v) is 3.74. The monoisotopic (exact) mass is 199 g/mol. The number of thioether (sulfide) groups is 1. The maximum Gasteiger partial charge on any atom is 0.220 e. The summed E-state index contributed by atoms with van der Waals surface area (Å²) >= 11 is 2.08. The maximum atomic E-state index is 11.0. The zero-order valence-electron chi connectivity index (χ0n) is 8.14. The zero-order chi connectivity index (χ0) is 9.31. The van der Waals surface area contributed by atoms with E-state index in [9.17, 15) is 4.79 Å². The normalized spacial score (nSPS) is 39.5. The molecule has 0 spiro atoms. The van der Waals surface area contributed by atoms with E-state index in [0.29, 0.717) is 10.8 Å². The SMILES string of the molecule is CC1(CC2CCC(=O)N2)CCCS1. The number of hydrogen-bond donors (Lipinski definition) is 1. The first-order valence-electron chi connectivity index (χ1n) is 5.11. The fourth-order valence-electron chi connectivity index (χ4n) is 2.35. The van der Waals surface area contributed by atoms with Crippen LogP contribution in [0.1, 0.15) is 39.0 Å². The van der Waals surface area contributed by atoms with Gasteiger partial charge in [-0.25, -0.2) is 0 Å². The van der Waals surface area contributed by atoms with Gasteiger partial charge in [0.1, 0.15) is 0 Å². The smallest absolute Gasteiger partial charge is 0.220 e. The van der Waals surface area contributed by atoms with Gasteiger partial charge in [-0.05, 0) is 31.4 Å². The Bertz CT molecular complexity index is 211. The van der Waals surface area contributed by atoms with E-state index in [4.69, 9.17) is 0 Å². The summed E-state index contributed by atoms with van der Waals surface area (Å²) in [6.07, 6.45) is 5.63. The quantitative estimate of drug-likeness (QED) is 0.736. The summed E-state index contributed by atoms with van der Waals surface area (Å²) in [5, 5.41) is 3.05. The Morgan fingerprint density at radius 1 is 1.69 bits per heavy atom. The second-order valence-electron chi connectivity index (χ2n) is 4.41. The van der Waals surface area contributed by atoms with Crippen molar-refractivity contribution in [1.29, 1.82) is 0 Å². The Labute approximate surface area is 83.8 Å². The number of hydrogen-bond acceptors (Lipinski definition) is 2. The van der Waals surface area contributed by atoms with Crippen molar-refractivity contribution >= 4 is 17.7 Å². The van der Waals surface area contributed by atoms with Crippen LogP contribution in [0.2, 0.25) is 0 Å². The Kier molecular flexibility index (Phi) is 2.54. The van der Waals surface area contributed by atoms with Crippen LogP contribution in [0, 0.1) is 0 Å². The zero-order valence-corrected chi connectivity index (χ0v) is 8.95. The molecule has 2 nitrogen and oxygen atoms in total. The second-order valence-corrected chi connectivity index (χ2v) is 6.09. The van der Waals surface area contributed by atoms with E-state index in [2.05, 4.69) is 24.0 Å². The van der Waals surface area contributed by atoms with Gasteiger partial charge in [0.05, 0.1) is 0 Å². The van der Waals surface area contributed by atoms with E-state index in [1.165, 1.54) is 25.0 Å². The van der Waals surface area contributed by atoms with Crippen molar-refractivity contribution in [2.24, 2.45) is 0 Å². The molecule has 2 rings (SSSR count). The molecule has 2 atom stereocenters. The van der Waals surface area contributed by atoms with Crippen molar-refractivity contribution in [3.05, 3.63) is 0 Å². The Balaban J connectivity index is 1.86. The molecule has 0 aliphatic carbocycles. The van der Waals surface area contributed by atoms with Crippen molar-refractivity contribution < 1.29 is 4.79 Å². The van der Waals surface area contributed by atoms with Crippen molar-refractivity contribution in [2.75, 3.05) is 5.75 Å². The van der Waals surface area contributed by atoms with Gasteiger partial charge >= 0.3 is 0 Å². The van der Waals surface area contributed by atoms with Crippen LogP contribution in [0.15, 0.2) is 0 Å². The standard InChI is InChI=1S/C10H17NOS/c1-10(5-2-6-13-10)7-8-3-4-9(12)11-8/h8H,2-7H2,1H3,(H,11,12). The van der Waals surface area contributed by atoms with E-state index in [0.717, 1.165) is 12.8 Å². The molecule has 0 aromatic carbocycles. The van der Waals surface area contributed by atoms with Crippen molar-refractivity contribution in [3.63, 3.8) is 0 Å². The third-order valence-electron chi connectivity index (χ3n) is 3.06. The van der Waals surface area contributed by atoms with E-state index < -0.39 is 0 Å². The van der Waals surface area contributed by atoms with E-state index >= 15 is 0 Å². The minimum Gasteiger partial charge on any atom is -0.353 e. The van der Waals surface area contributed by atoms with Crippen LogP contribution in [0.4, 0.5) is 0 Å². The van der Waals surface area contributed by atoms with Gasteiger partial charge in [-0.2, -0.15) is 11.8 Å². The lowest BCUT2D eigenvalue weighted by molar-refractivity contribution is -0.119.